The molecule has 0 bridgehead atoms. The predicted molar refractivity (Wildman–Crippen MR) is 84.3 cm³/mol. The van der Waals surface area contributed by atoms with Crippen LogP contribution in [0.3, 0.4) is 0 Å². The van der Waals surface area contributed by atoms with Crippen LogP contribution in [0.15, 0.2) is 12.2 Å². The van der Waals surface area contributed by atoms with Crippen LogP contribution in [-0.4, -0.2) is 39.4 Å². The quantitative estimate of drug-likeness (QED) is 0.491. The maximum absolute atomic E-state index is 12.2. The van der Waals surface area contributed by atoms with Gasteiger partial charge in [-0.3, -0.25) is 4.79 Å². The van der Waals surface area contributed by atoms with Gasteiger partial charge in [0.05, 0.1) is 19.6 Å². The van der Waals surface area contributed by atoms with Gasteiger partial charge in [0, 0.05) is 0 Å². The Kier molecular flexibility index (Phi) is 4.75. The monoisotopic (exact) mass is 313 g/mol. The number of amides is 1. The zero-order valence-electron chi connectivity index (χ0n) is 14.1. The highest BCUT2D eigenvalue weighted by molar-refractivity contribution is 6.74. The maximum Gasteiger partial charge on any atom is 0.338 e. The summed E-state index contributed by atoms with van der Waals surface area (Å²) in [5, 5.41) is 2.74. The molecule has 0 aliphatic carbocycles. The standard InChI is InChI=1S/C15H27NO4Si/c1-10-11(2)15(13(18)19-6,16-12(10)17)9-20-21(7,8)14(3,4)5/h10H,2,9H2,1,3-8H3,(H,16,17)/t10-,15+/m0/s1. The average Bonchev–Trinajstić information content (AvgIpc) is 2.59. The zero-order valence-corrected chi connectivity index (χ0v) is 15.1. The van der Waals surface area contributed by atoms with E-state index in [2.05, 4.69) is 45.8 Å². The van der Waals surface area contributed by atoms with Gasteiger partial charge < -0.3 is 14.5 Å². The largest absolute Gasteiger partial charge is 0.467 e. The SMILES string of the molecule is C=C1[C@H](C)C(=O)N[C@@]1(CO[Si](C)(C)C(C)(C)C)C(=O)OC. The van der Waals surface area contributed by atoms with Crippen LogP contribution < -0.4 is 5.32 Å². The first kappa shape index (κ1) is 17.9. The van der Waals surface area contributed by atoms with Crippen LogP contribution >= 0.6 is 0 Å². The topological polar surface area (TPSA) is 64.6 Å². The summed E-state index contributed by atoms with van der Waals surface area (Å²) in [7, 11) is -0.747. The molecule has 1 heterocycles. The molecule has 0 unspecified atom stereocenters. The van der Waals surface area contributed by atoms with Crippen molar-refractivity contribution < 1.29 is 18.8 Å². The molecule has 21 heavy (non-hydrogen) atoms. The minimum absolute atomic E-state index is 0.0138. The van der Waals surface area contributed by atoms with Crippen LogP contribution in [0, 0.1) is 5.92 Å². The minimum Gasteiger partial charge on any atom is -0.467 e. The zero-order chi connectivity index (χ0) is 16.6. The highest BCUT2D eigenvalue weighted by Crippen LogP contribution is 2.39. The van der Waals surface area contributed by atoms with Crippen molar-refractivity contribution >= 4 is 20.2 Å². The van der Waals surface area contributed by atoms with Crippen molar-refractivity contribution in [3.05, 3.63) is 12.2 Å². The second kappa shape index (κ2) is 5.57. The van der Waals surface area contributed by atoms with Crippen molar-refractivity contribution in [2.24, 2.45) is 5.92 Å². The van der Waals surface area contributed by atoms with Crippen LogP contribution in [0.25, 0.3) is 0 Å². The van der Waals surface area contributed by atoms with E-state index in [9.17, 15) is 9.59 Å². The number of esters is 1. The van der Waals surface area contributed by atoms with Crippen molar-refractivity contribution in [1.29, 1.82) is 0 Å². The molecule has 1 N–H and O–H groups in total. The molecule has 1 fully saturated rings. The normalized spacial score (nSPS) is 26.7. The van der Waals surface area contributed by atoms with Crippen molar-refractivity contribution in [3.8, 4) is 0 Å². The lowest BCUT2D eigenvalue weighted by Gasteiger charge is -2.39. The molecule has 1 saturated heterocycles. The Morgan fingerprint density at radius 1 is 1.43 bits per heavy atom. The van der Waals surface area contributed by atoms with Gasteiger partial charge in [0.2, 0.25) is 5.91 Å². The first-order valence-corrected chi connectivity index (χ1v) is 10.0. The summed E-state index contributed by atoms with van der Waals surface area (Å²) >= 11 is 0. The molecule has 1 amide bonds. The second-order valence-electron chi connectivity index (χ2n) is 7.18. The smallest absolute Gasteiger partial charge is 0.338 e. The number of methoxy groups -OCH3 is 1. The van der Waals surface area contributed by atoms with E-state index in [1.54, 1.807) is 6.92 Å². The lowest BCUT2D eigenvalue weighted by atomic mass is 9.89. The summed E-state index contributed by atoms with van der Waals surface area (Å²) in [6.45, 7) is 16.3. The van der Waals surface area contributed by atoms with E-state index in [1.807, 2.05) is 0 Å². The lowest BCUT2D eigenvalue weighted by molar-refractivity contribution is -0.148. The molecule has 0 spiro atoms. The predicted octanol–water partition coefficient (Wildman–Crippen LogP) is 2.24. The van der Waals surface area contributed by atoms with E-state index in [0.29, 0.717) is 5.57 Å². The Balaban J connectivity index is 3.06. The van der Waals surface area contributed by atoms with Gasteiger partial charge >= 0.3 is 5.97 Å². The third-order valence-electron chi connectivity index (χ3n) is 4.79. The molecule has 1 aliphatic rings. The Bertz CT molecular complexity index is 467. The molecule has 5 nitrogen and oxygen atoms in total. The Labute approximate surface area is 128 Å². The van der Waals surface area contributed by atoms with E-state index in [0.717, 1.165) is 0 Å². The average molecular weight is 313 g/mol. The molecular formula is C15H27NO4Si. The number of carbonyl (C=O) groups is 2. The second-order valence-corrected chi connectivity index (χ2v) is 12.0. The summed E-state index contributed by atoms with van der Waals surface area (Å²) in [5.74, 6) is -1.17. The summed E-state index contributed by atoms with van der Waals surface area (Å²) in [4.78, 5) is 24.2. The number of rotatable bonds is 4. The fourth-order valence-electron chi connectivity index (χ4n) is 1.98. The van der Waals surface area contributed by atoms with E-state index in [4.69, 9.17) is 9.16 Å². The van der Waals surface area contributed by atoms with Gasteiger partial charge in [-0.2, -0.15) is 0 Å². The Morgan fingerprint density at radius 3 is 2.29 bits per heavy atom. The Morgan fingerprint density at radius 2 is 1.95 bits per heavy atom. The highest BCUT2D eigenvalue weighted by atomic mass is 28.4. The number of ether oxygens (including phenoxy) is 1. The van der Waals surface area contributed by atoms with E-state index in [1.165, 1.54) is 7.11 Å². The molecular weight excluding hydrogens is 286 g/mol. The van der Waals surface area contributed by atoms with Gasteiger partial charge in [0.1, 0.15) is 0 Å². The summed E-state index contributed by atoms with van der Waals surface area (Å²) in [6, 6.07) is 0. The molecule has 0 radical (unpaired) electrons. The highest BCUT2D eigenvalue weighted by Gasteiger charge is 2.54. The maximum atomic E-state index is 12.2. The van der Waals surface area contributed by atoms with Crippen LogP contribution in [0.4, 0.5) is 0 Å². The molecule has 1 aliphatic heterocycles. The van der Waals surface area contributed by atoms with Gasteiger partial charge in [-0.05, 0) is 30.6 Å². The third kappa shape index (κ3) is 3.06. The van der Waals surface area contributed by atoms with Crippen molar-refractivity contribution in [1.82, 2.24) is 5.32 Å². The fraction of sp³-hybridized carbons (Fsp3) is 0.733. The first-order chi connectivity index (χ1) is 9.39. The van der Waals surface area contributed by atoms with E-state index >= 15 is 0 Å². The van der Waals surface area contributed by atoms with Crippen LogP contribution in [-0.2, 0) is 18.8 Å². The van der Waals surface area contributed by atoms with Gasteiger partial charge in [-0.25, -0.2) is 4.79 Å². The number of hydrogen-bond donors (Lipinski definition) is 1. The van der Waals surface area contributed by atoms with Crippen molar-refractivity contribution in [3.63, 3.8) is 0 Å². The van der Waals surface area contributed by atoms with Crippen LogP contribution in [0.2, 0.25) is 18.1 Å². The van der Waals surface area contributed by atoms with Crippen LogP contribution in [0.1, 0.15) is 27.7 Å². The number of carbonyl (C=O) groups excluding carboxylic acids is 2. The van der Waals surface area contributed by atoms with E-state index < -0.39 is 25.7 Å². The lowest BCUT2D eigenvalue weighted by Crippen LogP contribution is -2.57. The van der Waals surface area contributed by atoms with E-state index in [-0.39, 0.29) is 17.6 Å². The third-order valence-corrected chi connectivity index (χ3v) is 9.27. The summed E-state index contributed by atoms with van der Waals surface area (Å²) in [6.07, 6.45) is 0. The molecule has 120 valence electrons. The first-order valence-electron chi connectivity index (χ1n) is 7.13. The fourth-order valence-corrected chi connectivity index (χ4v) is 2.99. The summed E-state index contributed by atoms with van der Waals surface area (Å²) in [5.41, 5.74) is -0.751. The molecule has 0 aromatic carbocycles. The molecule has 0 aromatic heterocycles. The van der Waals surface area contributed by atoms with Gasteiger partial charge in [-0.15, -0.1) is 0 Å². The molecule has 6 heteroatoms. The minimum atomic E-state index is -2.05. The number of hydrogen-bond acceptors (Lipinski definition) is 4. The molecule has 0 saturated carbocycles. The summed E-state index contributed by atoms with van der Waals surface area (Å²) < 4.78 is 11.0. The van der Waals surface area contributed by atoms with Gasteiger partial charge in [0.15, 0.2) is 13.9 Å². The van der Waals surface area contributed by atoms with Crippen molar-refractivity contribution in [2.75, 3.05) is 13.7 Å². The van der Waals surface area contributed by atoms with Crippen LogP contribution in [0.5, 0.6) is 0 Å². The van der Waals surface area contributed by atoms with Gasteiger partial charge in [-0.1, -0.05) is 27.4 Å². The van der Waals surface area contributed by atoms with Gasteiger partial charge in [0.25, 0.3) is 0 Å². The molecule has 2 atom stereocenters. The molecule has 0 aromatic rings. The van der Waals surface area contributed by atoms with Crippen molar-refractivity contribution in [2.45, 2.75) is 51.4 Å². The number of nitrogens with one attached hydrogen (secondary N) is 1. The molecule has 1 rings (SSSR count). The Hall–Kier alpha value is -1.14.